The smallest absolute Gasteiger partial charge is 0.190 e. The highest BCUT2D eigenvalue weighted by Gasteiger charge is 2.24. The fourth-order valence-corrected chi connectivity index (χ4v) is 3.99. The van der Waals surface area contributed by atoms with Crippen LogP contribution in [-0.4, -0.2) is 29.8 Å². The van der Waals surface area contributed by atoms with E-state index in [-0.39, 0.29) is 17.6 Å². The predicted molar refractivity (Wildman–Crippen MR) is 114 cm³/mol. The fraction of sp³-hybridized carbons (Fsp3) is 0.227. The first-order valence-electron chi connectivity index (χ1n) is 9.84. The normalized spacial score (nSPS) is 14.8. The molecule has 154 valence electrons. The number of nitrogens with zero attached hydrogens (tertiary/aromatic N) is 7. The van der Waals surface area contributed by atoms with Crippen molar-refractivity contribution in [3.05, 3.63) is 59.0 Å². The molecule has 4 aromatic rings. The summed E-state index contributed by atoms with van der Waals surface area (Å²) in [6.07, 6.45) is 3.26. The van der Waals surface area contributed by atoms with Gasteiger partial charge in [-0.3, -0.25) is 4.68 Å². The molecule has 1 aliphatic heterocycles. The Labute approximate surface area is 178 Å². The number of nitrogens with two attached hydrogens (primary N) is 1. The topological polar surface area (TPSA) is 120 Å². The molecule has 31 heavy (non-hydrogen) atoms. The van der Waals surface area contributed by atoms with E-state index in [2.05, 4.69) is 39.6 Å². The number of aromatic nitrogens is 6. The molecule has 3 aromatic heterocycles. The Balaban J connectivity index is 1.82. The number of hydrogen-bond donors (Lipinski definition) is 1. The van der Waals surface area contributed by atoms with Gasteiger partial charge in [-0.1, -0.05) is 29.0 Å². The Bertz CT molecular complexity index is 1360. The van der Waals surface area contributed by atoms with Crippen molar-refractivity contribution in [3.8, 4) is 34.3 Å². The van der Waals surface area contributed by atoms with Crippen molar-refractivity contribution in [1.82, 2.24) is 29.8 Å². The van der Waals surface area contributed by atoms with Gasteiger partial charge in [0.1, 0.15) is 17.9 Å². The van der Waals surface area contributed by atoms with Gasteiger partial charge in [-0.25, -0.2) is 9.67 Å². The van der Waals surface area contributed by atoms with Crippen LogP contribution in [0.4, 0.5) is 5.82 Å². The predicted octanol–water partition coefficient (Wildman–Crippen LogP) is 3.00. The molecule has 0 saturated carbocycles. The Morgan fingerprint density at radius 1 is 1.29 bits per heavy atom. The monoisotopic (exact) mass is 412 g/mol. The second-order valence-electron chi connectivity index (χ2n) is 7.69. The summed E-state index contributed by atoms with van der Waals surface area (Å²) in [5.74, 6) is 0.717. The molecule has 4 heterocycles. The van der Waals surface area contributed by atoms with Crippen LogP contribution in [0.2, 0.25) is 0 Å². The molecular formula is C22H20N8O. The lowest BCUT2D eigenvalue weighted by atomic mass is 9.96. The third kappa shape index (κ3) is 3.09. The Kier molecular flexibility index (Phi) is 4.22. The van der Waals surface area contributed by atoms with E-state index >= 15 is 0 Å². The first kappa shape index (κ1) is 18.8. The lowest BCUT2D eigenvalue weighted by molar-refractivity contribution is 0.228. The van der Waals surface area contributed by atoms with Gasteiger partial charge in [-0.05, 0) is 19.9 Å². The van der Waals surface area contributed by atoms with Crippen molar-refractivity contribution >= 4 is 5.82 Å². The maximum absolute atomic E-state index is 9.60. The molecule has 2 bridgehead atoms. The number of pyridine rings is 1. The highest BCUT2D eigenvalue weighted by Crippen LogP contribution is 2.37. The van der Waals surface area contributed by atoms with Gasteiger partial charge in [-0.2, -0.15) is 10.4 Å². The largest absolute Gasteiger partial charge is 0.482 e. The number of hydrogen-bond acceptors (Lipinski definition) is 7. The molecule has 0 fully saturated rings. The molecular weight excluding hydrogens is 392 g/mol. The van der Waals surface area contributed by atoms with Crippen molar-refractivity contribution in [3.63, 3.8) is 0 Å². The molecule has 0 radical (unpaired) electrons. The summed E-state index contributed by atoms with van der Waals surface area (Å²) in [7, 11) is 1.88. The van der Waals surface area contributed by atoms with Crippen LogP contribution >= 0.6 is 0 Å². The SMILES string of the molecule is Cc1ccc2c(c1)[C@@H](C)Oc1cc(cnc1N)-c1c(C#N)nnn1Cc1cn(C)nc1-2. The van der Waals surface area contributed by atoms with Crippen LogP contribution in [0.3, 0.4) is 0 Å². The number of nitriles is 1. The van der Waals surface area contributed by atoms with Crippen molar-refractivity contribution < 1.29 is 4.74 Å². The first-order chi connectivity index (χ1) is 14.9. The second kappa shape index (κ2) is 6.95. The van der Waals surface area contributed by atoms with E-state index in [1.807, 2.05) is 27.1 Å². The van der Waals surface area contributed by atoms with E-state index in [1.54, 1.807) is 21.6 Å². The summed E-state index contributed by atoms with van der Waals surface area (Å²) in [6, 6.07) is 10.1. The third-order valence-electron chi connectivity index (χ3n) is 5.42. The van der Waals surface area contributed by atoms with Crippen molar-refractivity contribution in [2.45, 2.75) is 26.5 Å². The molecule has 0 spiro atoms. The summed E-state index contributed by atoms with van der Waals surface area (Å²) in [4.78, 5) is 4.30. The van der Waals surface area contributed by atoms with Crippen LogP contribution in [-0.2, 0) is 13.6 Å². The molecule has 1 aliphatic rings. The second-order valence-corrected chi connectivity index (χ2v) is 7.69. The zero-order valence-corrected chi connectivity index (χ0v) is 17.4. The summed E-state index contributed by atoms with van der Waals surface area (Å²) in [6.45, 7) is 4.42. The van der Waals surface area contributed by atoms with Gasteiger partial charge < -0.3 is 10.5 Å². The Hall–Kier alpha value is -4.19. The minimum Gasteiger partial charge on any atom is -0.482 e. The molecule has 0 unspecified atom stereocenters. The number of fused-ring (bicyclic) bond motifs is 7. The van der Waals surface area contributed by atoms with E-state index < -0.39 is 0 Å². The van der Waals surface area contributed by atoms with Gasteiger partial charge in [0, 0.05) is 41.7 Å². The van der Waals surface area contributed by atoms with Gasteiger partial charge in [-0.15, -0.1) is 5.10 Å². The summed E-state index contributed by atoms with van der Waals surface area (Å²) in [5, 5.41) is 22.6. The zero-order chi connectivity index (χ0) is 21.7. The van der Waals surface area contributed by atoms with Crippen molar-refractivity contribution in [1.29, 1.82) is 5.26 Å². The van der Waals surface area contributed by atoms with Crippen LogP contribution in [0, 0.1) is 18.3 Å². The van der Waals surface area contributed by atoms with Crippen LogP contribution in [0.15, 0.2) is 36.7 Å². The van der Waals surface area contributed by atoms with Gasteiger partial charge >= 0.3 is 0 Å². The number of ether oxygens (including phenoxy) is 1. The molecule has 5 rings (SSSR count). The summed E-state index contributed by atoms with van der Waals surface area (Å²) in [5.41, 5.74) is 12.4. The minimum absolute atomic E-state index is 0.212. The van der Waals surface area contributed by atoms with Gasteiger partial charge in [0.25, 0.3) is 0 Å². The van der Waals surface area contributed by atoms with E-state index in [4.69, 9.17) is 15.6 Å². The highest BCUT2D eigenvalue weighted by molar-refractivity contribution is 5.71. The third-order valence-corrected chi connectivity index (χ3v) is 5.42. The van der Waals surface area contributed by atoms with Crippen molar-refractivity contribution in [2.75, 3.05) is 5.73 Å². The first-order valence-corrected chi connectivity index (χ1v) is 9.84. The average Bonchev–Trinajstić information content (AvgIpc) is 3.32. The van der Waals surface area contributed by atoms with Crippen LogP contribution in [0.25, 0.3) is 22.5 Å². The van der Waals surface area contributed by atoms with Crippen LogP contribution in [0.5, 0.6) is 5.75 Å². The minimum atomic E-state index is -0.304. The van der Waals surface area contributed by atoms with Crippen molar-refractivity contribution in [2.24, 2.45) is 7.05 Å². The maximum atomic E-state index is 9.60. The van der Waals surface area contributed by atoms with Gasteiger partial charge in [0.05, 0.1) is 12.2 Å². The standard InChI is InChI=1S/C22H20N8O/c1-12-4-5-16-17(6-12)13(2)31-19-7-14(9-25-22(19)24)21-18(8-23)26-28-30(21)11-15-10-29(3)27-20(15)16/h4-7,9-10,13H,11H2,1-3H3,(H2,24,25)/t13-/m1/s1. The van der Waals surface area contributed by atoms with E-state index in [0.29, 0.717) is 23.6 Å². The lowest BCUT2D eigenvalue weighted by Crippen LogP contribution is -2.11. The molecule has 0 aliphatic carbocycles. The number of rotatable bonds is 0. The van der Waals surface area contributed by atoms with Crippen LogP contribution < -0.4 is 10.5 Å². The lowest BCUT2D eigenvalue weighted by Gasteiger charge is -2.21. The molecule has 0 amide bonds. The van der Waals surface area contributed by atoms with Crippen LogP contribution in [0.1, 0.15) is 35.4 Å². The van der Waals surface area contributed by atoms with E-state index in [1.165, 1.54) is 0 Å². The molecule has 9 nitrogen and oxygen atoms in total. The van der Waals surface area contributed by atoms with E-state index in [9.17, 15) is 5.26 Å². The van der Waals surface area contributed by atoms with Gasteiger partial charge in [0.2, 0.25) is 0 Å². The average molecular weight is 412 g/mol. The van der Waals surface area contributed by atoms with Gasteiger partial charge in [0.15, 0.2) is 17.3 Å². The number of aryl methyl sites for hydroxylation is 2. The number of benzene rings is 1. The summed E-state index contributed by atoms with van der Waals surface area (Å²) >= 11 is 0. The molecule has 2 N–H and O–H groups in total. The summed E-state index contributed by atoms with van der Waals surface area (Å²) < 4.78 is 9.74. The van der Waals surface area contributed by atoms with E-state index in [0.717, 1.165) is 27.9 Å². The quantitative estimate of drug-likeness (QED) is 0.471. The fourth-order valence-electron chi connectivity index (χ4n) is 3.99. The molecule has 1 aromatic carbocycles. The zero-order valence-electron chi connectivity index (χ0n) is 17.4. The Morgan fingerprint density at radius 3 is 2.94 bits per heavy atom. The number of nitrogen functional groups attached to an aromatic ring is 1. The molecule has 9 heteroatoms. The Morgan fingerprint density at radius 2 is 2.13 bits per heavy atom. The maximum Gasteiger partial charge on any atom is 0.190 e. The molecule has 0 saturated heterocycles. The molecule has 1 atom stereocenters. The number of anilines is 1. The highest BCUT2D eigenvalue weighted by atomic mass is 16.5.